The molecule has 0 radical (unpaired) electrons. The number of hydrogen-bond donors (Lipinski definition) is 1. The molecule has 0 aliphatic carbocycles. The van der Waals surface area contributed by atoms with Crippen LogP contribution >= 0.6 is 0 Å². The van der Waals surface area contributed by atoms with Crippen molar-refractivity contribution >= 4 is 11.6 Å². The van der Waals surface area contributed by atoms with E-state index in [1.165, 1.54) is 17.2 Å². The second-order valence-electron chi connectivity index (χ2n) is 6.63. The van der Waals surface area contributed by atoms with Crippen molar-refractivity contribution in [2.45, 2.75) is 26.3 Å². The number of halogens is 2. The van der Waals surface area contributed by atoms with Crippen LogP contribution in [0.4, 0.5) is 14.5 Å². The van der Waals surface area contributed by atoms with E-state index in [1.54, 1.807) is 0 Å². The molecule has 1 N–H and O–H groups in total. The first-order valence-corrected chi connectivity index (χ1v) is 8.55. The molecule has 25 heavy (non-hydrogen) atoms. The lowest BCUT2D eigenvalue weighted by atomic mass is 9.95. The Bertz CT molecular complexity index is 735. The number of nitrogens with zero attached hydrogens (tertiary/aromatic N) is 1. The van der Waals surface area contributed by atoms with E-state index in [4.69, 9.17) is 0 Å². The zero-order chi connectivity index (χ0) is 17.8. The fourth-order valence-electron chi connectivity index (χ4n) is 3.26. The summed E-state index contributed by atoms with van der Waals surface area (Å²) < 4.78 is 27.3. The van der Waals surface area contributed by atoms with Gasteiger partial charge in [0.15, 0.2) is 0 Å². The van der Waals surface area contributed by atoms with Crippen molar-refractivity contribution in [3.63, 3.8) is 0 Å². The highest BCUT2D eigenvalue weighted by Crippen LogP contribution is 2.23. The number of likely N-dealkylation sites (tertiary alicyclic amines) is 1. The zero-order valence-corrected chi connectivity index (χ0v) is 14.3. The molecule has 3 rings (SSSR count). The standard InChI is InChI=1S/C20H22F2N2O/c1-14-4-2-5-15(12-14)13-24-10-8-16(9-11-24)20(25)23-19-17(21)6-3-7-18(19)22/h2-7,12,16H,8-11,13H2,1H3,(H,23,25). The molecule has 2 aromatic rings. The average Bonchev–Trinajstić information content (AvgIpc) is 2.59. The van der Waals surface area contributed by atoms with Crippen LogP contribution in [-0.2, 0) is 11.3 Å². The number of carbonyl (C=O) groups excluding carboxylic acids is 1. The first-order valence-electron chi connectivity index (χ1n) is 8.55. The van der Waals surface area contributed by atoms with Crippen molar-refractivity contribution < 1.29 is 13.6 Å². The molecule has 0 unspecified atom stereocenters. The lowest BCUT2D eigenvalue weighted by Crippen LogP contribution is -2.38. The Balaban J connectivity index is 1.54. The Morgan fingerprint density at radius 1 is 1.12 bits per heavy atom. The molecule has 5 heteroatoms. The van der Waals surface area contributed by atoms with Crippen LogP contribution in [0.1, 0.15) is 24.0 Å². The number of rotatable bonds is 4. The normalized spacial score (nSPS) is 16.0. The Labute approximate surface area is 146 Å². The van der Waals surface area contributed by atoms with Gasteiger partial charge in [0, 0.05) is 12.5 Å². The lowest BCUT2D eigenvalue weighted by molar-refractivity contribution is -0.121. The van der Waals surface area contributed by atoms with Gasteiger partial charge in [0.1, 0.15) is 17.3 Å². The molecule has 0 aromatic heterocycles. The van der Waals surface area contributed by atoms with Crippen molar-refractivity contribution in [1.29, 1.82) is 0 Å². The third kappa shape index (κ3) is 4.42. The maximum Gasteiger partial charge on any atom is 0.227 e. The maximum atomic E-state index is 13.7. The average molecular weight is 344 g/mol. The van der Waals surface area contributed by atoms with Crippen molar-refractivity contribution in [1.82, 2.24) is 4.90 Å². The van der Waals surface area contributed by atoms with Gasteiger partial charge in [-0.3, -0.25) is 9.69 Å². The molecular formula is C20H22F2N2O. The SMILES string of the molecule is Cc1cccc(CN2CCC(C(=O)Nc3c(F)cccc3F)CC2)c1. The van der Waals surface area contributed by atoms with Crippen molar-refractivity contribution in [2.24, 2.45) is 5.92 Å². The van der Waals surface area contributed by atoms with Gasteiger partial charge in [-0.25, -0.2) is 8.78 Å². The second-order valence-corrected chi connectivity index (χ2v) is 6.63. The smallest absolute Gasteiger partial charge is 0.227 e. The summed E-state index contributed by atoms with van der Waals surface area (Å²) in [5.41, 5.74) is 2.14. The molecule has 0 saturated carbocycles. The van der Waals surface area contributed by atoms with E-state index in [0.29, 0.717) is 12.8 Å². The first-order chi connectivity index (χ1) is 12.0. The number of anilines is 1. The van der Waals surface area contributed by atoms with Gasteiger partial charge in [-0.15, -0.1) is 0 Å². The summed E-state index contributed by atoms with van der Waals surface area (Å²) in [6.45, 7) is 4.53. The van der Waals surface area contributed by atoms with Crippen LogP contribution in [0.5, 0.6) is 0 Å². The van der Waals surface area contributed by atoms with E-state index in [0.717, 1.165) is 31.8 Å². The predicted octanol–water partition coefficient (Wildman–Crippen LogP) is 4.12. The number of carbonyl (C=O) groups is 1. The number of benzene rings is 2. The van der Waals surface area contributed by atoms with E-state index in [2.05, 4.69) is 35.3 Å². The highest BCUT2D eigenvalue weighted by atomic mass is 19.1. The van der Waals surface area contributed by atoms with E-state index in [9.17, 15) is 13.6 Å². The van der Waals surface area contributed by atoms with Crippen LogP contribution in [0.15, 0.2) is 42.5 Å². The molecule has 1 saturated heterocycles. The van der Waals surface area contributed by atoms with Gasteiger partial charge in [0.05, 0.1) is 0 Å². The van der Waals surface area contributed by atoms with Gasteiger partial charge in [0.2, 0.25) is 5.91 Å². The summed E-state index contributed by atoms with van der Waals surface area (Å²) >= 11 is 0. The number of piperidine rings is 1. The Hall–Kier alpha value is -2.27. The van der Waals surface area contributed by atoms with E-state index in [1.807, 2.05) is 6.07 Å². The van der Waals surface area contributed by atoms with Crippen LogP contribution in [0.2, 0.25) is 0 Å². The zero-order valence-electron chi connectivity index (χ0n) is 14.3. The molecule has 1 aliphatic heterocycles. The number of aryl methyl sites for hydroxylation is 1. The molecule has 1 aliphatic rings. The van der Waals surface area contributed by atoms with Gasteiger partial charge >= 0.3 is 0 Å². The minimum Gasteiger partial charge on any atom is -0.321 e. The lowest BCUT2D eigenvalue weighted by Gasteiger charge is -2.31. The quantitative estimate of drug-likeness (QED) is 0.905. The number of hydrogen-bond acceptors (Lipinski definition) is 2. The minimum atomic E-state index is -0.745. The summed E-state index contributed by atoms with van der Waals surface area (Å²) in [6.07, 6.45) is 1.38. The summed E-state index contributed by atoms with van der Waals surface area (Å²) in [5, 5.41) is 2.41. The fraction of sp³-hybridized carbons (Fsp3) is 0.350. The molecular weight excluding hydrogens is 322 g/mol. The molecule has 132 valence electrons. The summed E-state index contributed by atoms with van der Waals surface area (Å²) in [7, 11) is 0. The molecule has 0 spiro atoms. The fourth-order valence-corrected chi connectivity index (χ4v) is 3.26. The van der Waals surface area contributed by atoms with E-state index >= 15 is 0 Å². The Morgan fingerprint density at radius 2 is 1.76 bits per heavy atom. The van der Waals surface area contributed by atoms with Gasteiger partial charge in [-0.1, -0.05) is 35.9 Å². The molecule has 2 aromatic carbocycles. The molecule has 0 atom stereocenters. The summed E-state index contributed by atoms with van der Waals surface area (Å²) in [6, 6.07) is 12.0. The van der Waals surface area contributed by atoms with Crippen LogP contribution in [0, 0.1) is 24.5 Å². The highest BCUT2D eigenvalue weighted by Gasteiger charge is 2.26. The summed E-state index contributed by atoms with van der Waals surface area (Å²) in [5.74, 6) is -2.01. The maximum absolute atomic E-state index is 13.7. The first kappa shape index (κ1) is 17.5. The highest BCUT2D eigenvalue weighted by molar-refractivity contribution is 5.92. The van der Waals surface area contributed by atoms with Crippen LogP contribution < -0.4 is 5.32 Å². The largest absolute Gasteiger partial charge is 0.321 e. The summed E-state index contributed by atoms with van der Waals surface area (Å²) in [4.78, 5) is 14.6. The third-order valence-electron chi connectivity index (χ3n) is 4.66. The van der Waals surface area contributed by atoms with Crippen molar-refractivity contribution in [3.05, 3.63) is 65.2 Å². The molecule has 3 nitrogen and oxygen atoms in total. The van der Waals surface area contributed by atoms with Crippen molar-refractivity contribution in [2.75, 3.05) is 18.4 Å². The molecule has 1 heterocycles. The van der Waals surface area contributed by atoms with Crippen molar-refractivity contribution in [3.8, 4) is 0 Å². The van der Waals surface area contributed by atoms with E-state index in [-0.39, 0.29) is 17.5 Å². The van der Waals surface area contributed by atoms with Crippen LogP contribution in [0.3, 0.4) is 0 Å². The van der Waals surface area contributed by atoms with Gasteiger partial charge < -0.3 is 5.32 Å². The number of amides is 1. The predicted molar refractivity (Wildman–Crippen MR) is 94.2 cm³/mol. The number of para-hydroxylation sites is 1. The van der Waals surface area contributed by atoms with E-state index < -0.39 is 11.6 Å². The molecule has 1 fully saturated rings. The molecule has 0 bridgehead atoms. The Morgan fingerprint density at radius 3 is 2.40 bits per heavy atom. The van der Waals surface area contributed by atoms with Gasteiger partial charge in [0.25, 0.3) is 0 Å². The van der Waals surface area contributed by atoms with Gasteiger partial charge in [-0.2, -0.15) is 0 Å². The topological polar surface area (TPSA) is 32.3 Å². The van der Waals surface area contributed by atoms with Crippen LogP contribution in [-0.4, -0.2) is 23.9 Å². The Kier molecular flexibility index (Phi) is 5.43. The number of nitrogens with one attached hydrogen (secondary N) is 1. The van der Waals surface area contributed by atoms with Gasteiger partial charge in [-0.05, 0) is 50.6 Å². The second kappa shape index (κ2) is 7.74. The molecule has 1 amide bonds. The third-order valence-corrected chi connectivity index (χ3v) is 4.66. The van der Waals surface area contributed by atoms with Crippen LogP contribution in [0.25, 0.3) is 0 Å². The monoisotopic (exact) mass is 344 g/mol. The minimum absolute atomic E-state index is 0.215.